The number of aromatic nitrogens is 2. The number of hydrogen-bond donors (Lipinski definition) is 2. The fourth-order valence-corrected chi connectivity index (χ4v) is 1.93. The molecular formula is C13H13ClF3N5. The zero-order chi connectivity index (χ0) is 16.5. The predicted octanol–water partition coefficient (Wildman–Crippen LogP) is 3.54. The Hall–Kier alpha value is -2.22. The molecule has 0 radical (unpaired) electrons. The molecule has 0 saturated carbocycles. The first kappa shape index (κ1) is 16.2. The van der Waals surface area contributed by atoms with Gasteiger partial charge < -0.3 is 16.0 Å². The first-order chi connectivity index (χ1) is 10.2. The van der Waals surface area contributed by atoms with Gasteiger partial charge in [-0.2, -0.15) is 13.2 Å². The van der Waals surface area contributed by atoms with Crippen LogP contribution in [-0.2, 0) is 6.18 Å². The number of hydrogen-bond acceptors (Lipinski definition) is 5. The number of nitrogens with zero attached hydrogens (tertiary/aromatic N) is 3. The second-order valence-corrected chi connectivity index (χ2v) is 5.08. The Morgan fingerprint density at radius 1 is 1.23 bits per heavy atom. The summed E-state index contributed by atoms with van der Waals surface area (Å²) in [5.74, 6) is 0.625. The number of rotatable bonds is 3. The van der Waals surface area contributed by atoms with Crippen LogP contribution in [0, 0.1) is 0 Å². The smallest absolute Gasteiger partial charge is 0.393 e. The largest absolute Gasteiger partial charge is 0.416 e. The number of halogens is 4. The van der Waals surface area contributed by atoms with E-state index in [1.807, 2.05) is 0 Å². The molecule has 9 heteroatoms. The number of nitrogen functional groups attached to an aromatic ring is 1. The highest BCUT2D eigenvalue weighted by Crippen LogP contribution is 2.36. The number of nitrogens with two attached hydrogens (primary N) is 1. The molecule has 0 fully saturated rings. The van der Waals surface area contributed by atoms with Crippen LogP contribution in [0.4, 0.5) is 36.2 Å². The van der Waals surface area contributed by atoms with Crippen LogP contribution in [0.2, 0.25) is 5.02 Å². The number of anilines is 4. The summed E-state index contributed by atoms with van der Waals surface area (Å²) in [5.41, 5.74) is 5.36. The van der Waals surface area contributed by atoms with Gasteiger partial charge in [-0.05, 0) is 18.2 Å². The summed E-state index contributed by atoms with van der Waals surface area (Å²) in [7, 11) is 3.47. The summed E-state index contributed by atoms with van der Waals surface area (Å²) in [4.78, 5) is 9.59. The van der Waals surface area contributed by atoms with E-state index >= 15 is 0 Å². The van der Waals surface area contributed by atoms with E-state index in [0.29, 0.717) is 5.82 Å². The van der Waals surface area contributed by atoms with Gasteiger partial charge in [-0.1, -0.05) is 11.6 Å². The van der Waals surface area contributed by atoms with Crippen molar-refractivity contribution >= 4 is 34.6 Å². The molecule has 0 atom stereocenters. The van der Waals surface area contributed by atoms with Crippen molar-refractivity contribution in [3.63, 3.8) is 0 Å². The molecule has 0 aliphatic rings. The van der Waals surface area contributed by atoms with E-state index in [0.717, 1.165) is 18.2 Å². The van der Waals surface area contributed by atoms with Gasteiger partial charge in [-0.3, -0.25) is 0 Å². The molecule has 0 bridgehead atoms. The normalized spacial score (nSPS) is 11.4. The minimum absolute atomic E-state index is 0.0617. The van der Waals surface area contributed by atoms with Crippen LogP contribution >= 0.6 is 11.6 Å². The molecule has 5 nitrogen and oxygen atoms in total. The van der Waals surface area contributed by atoms with Gasteiger partial charge in [0.15, 0.2) is 11.6 Å². The molecule has 3 N–H and O–H groups in total. The molecule has 118 valence electrons. The molecule has 1 aromatic carbocycles. The average Bonchev–Trinajstić information content (AvgIpc) is 2.41. The SMILES string of the molecule is CN(C)c1ncnc(Nc2cc(C(F)(F)F)ccc2Cl)c1N. The van der Waals surface area contributed by atoms with Gasteiger partial charge in [0, 0.05) is 14.1 Å². The summed E-state index contributed by atoms with van der Waals surface area (Å²) in [6, 6.07) is 2.97. The Morgan fingerprint density at radius 3 is 2.50 bits per heavy atom. The molecule has 1 heterocycles. The Bertz CT molecular complexity index is 688. The van der Waals surface area contributed by atoms with Gasteiger partial charge in [0.25, 0.3) is 0 Å². The number of nitrogens with one attached hydrogen (secondary N) is 1. The second kappa shape index (κ2) is 5.88. The third-order valence-electron chi connectivity index (χ3n) is 2.83. The molecule has 22 heavy (non-hydrogen) atoms. The monoisotopic (exact) mass is 331 g/mol. The Kier molecular flexibility index (Phi) is 4.32. The summed E-state index contributed by atoms with van der Waals surface area (Å²) >= 11 is 5.93. The van der Waals surface area contributed by atoms with E-state index in [-0.39, 0.29) is 22.2 Å². The topological polar surface area (TPSA) is 67.1 Å². The quantitative estimate of drug-likeness (QED) is 0.900. The fraction of sp³-hybridized carbons (Fsp3) is 0.231. The molecule has 0 aliphatic heterocycles. The van der Waals surface area contributed by atoms with Gasteiger partial charge in [-0.15, -0.1) is 0 Å². The number of alkyl halides is 3. The lowest BCUT2D eigenvalue weighted by Gasteiger charge is -2.17. The predicted molar refractivity (Wildman–Crippen MR) is 80.5 cm³/mol. The zero-order valence-electron chi connectivity index (χ0n) is 11.7. The molecule has 0 unspecified atom stereocenters. The van der Waals surface area contributed by atoms with E-state index in [2.05, 4.69) is 15.3 Å². The van der Waals surface area contributed by atoms with E-state index in [1.165, 1.54) is 6.33 Å². The van der Waals surface area contributed by atoms with E-state index in [1.54, 1.807) is 19.0 Å². The van der Waals surface area contributed by atoms with Crippen molar-refractivity contribution in [3.8, 4) is 0 Å². The molecule has 0 amide bonds. The molecule has 1 aromatic heterocycles. The standard InChI is InChI=1S/C13H13ClF3N5/c1-22(2)12-10(18)11(19-6-20-12)21-9-5-7(13(15,16)17)3-4-8(9)14/h3-6H,18H2,1-2H3,(H,19,20,21). The zero-order valence-corrected chi connectivity index (χ0v) is 12.5. The van der Waals surface area contributed by atoms with Crippen molar-refractivity contribution in [2.75, 3.05) is 30.0 Å². The third-order valence-corrected chi connectivity index (χ3v) is 3.16. The molecule has 0 saturated heterocycles. The van der Waals surface area contributed by atoms with Crippen LogP contribution in [0.5, 0.6) is 0 Å². The van der Waals surface area contributed by atoms with Gasteiger partial charge in [0.1, 0.15) is 12.0 Å². The summed E-state index contributed by atoms with van der Waals surface area (Å²) < 4.78 is 38.3. The van der Waals surface area contributed by atoms with Crippen molar-refractivity contribution in [1.29, 1.82) is 0 Å². The minimum atomic E-state index is -4.47. The Labute approximate surface area is 129 Å². The Balaban J connectivity index is 2.41. The van der Waals surface area contributed by atoms with Gasteiger partial charge >= 0.3 is 6.18 Å². The summed E-state index contributed by atoms with van der Waals surface area (Å²) in [6.45, 7) is 0. The van der Waals surface area contributed by atoms with Gasteiger partial charge in [-0.25, -0.2) is 9.97 Å². The molecular weight excluding hydrogens is 319 g/mol. The lowest BCUT2D eigenvalue weighted by Crippen LogP contribution is -2.15. The Morgan fingerprint density at radius 2 is 1.91 bits per heavy atom. The lowest BCUT2D eigenvalue weighted by atomic mass is 10.2. The maximum Gasteiger partial charge on any atom is 0.416 e. The van der Waals surface area contributed by atoms with Crippen LogP contribution in [0.15, 0.2) is 24.5 Å². The van der Waals surface area contributed by atoms with Crippen molar-refractivity contribution in [2.45, 2.75) is 6.18 Å². The first-order valence-corrected chi connectivity index (χ1v) is 6.49. The van der Waals surface area contributed by atoms with Crippen LogP contribution in [0.25, 0.3) is 0 Å². The van der Waals surface area contributed by atoms with Crippen molar-refractivity contribution < 1.29 is 13.2 Å². The second-order valence-electron chi connectivity index (χ2n) is 4.67. The van der Waals surface area contributed by atoms with Crippen LogP contribution in [0.1, 0.15) is 5.56 Å². The van der Waals surface area contributed by atoms with Crippen molar-refractivity contribution in [2.24, 2.45) is 0 Å². The van der Waals surface area contributed by atoms with Gasteiger partial charge in [0.2, 0.25) is 0 Å². The summed E-state index contributed by atoms with van der Waals surface area (Å²) in [6.07, 6.45) is -3.21. The molecule has 2 aromatic rings. The fourth-order valence-electron chi connectivity index (χ4n) is 1.77. The third kappa shape index (κ3) is 3.33. The number of benzene rings is 1. The first-order valence-electron chi connectivity index (χ1n) is 6.11. The molecule has 0 spiro atoms. The van der Waals surface area contributed by atoms with Crippen molar-refractivity contribution in [1.82, 2.24) is 9.97 Å². The minimum Gasteiger partial charge on any atom is -0.393 e. The van der Waals surface area contributed by atoms with E-state index < -0.39 is 11.7 Å². The van der Waals surface area contributed by atoms with E-state index in [4.69, 9.17) is 17.3 Å². The highest BCUT2D eigenvalue weighted by Gasteiger charge is 2.31. The maximum atomic E-state index is 12.8. The van der Waals surface area contributed by atoms with Crippen LogP contribution in [-0.4, -0.2) is 24.1 Å². The highest BCUT2D eigenvalue weighted by atomic mass is 35.5. The summed E-state index contributed by atoms with van der Waals surface area (Å²) in [5, 5.41) is 2.84. The highest BCUT2D eigenvalue weighted by molar-refractivity contribution is 6.33. The average molecular weight is 332 g/mol. The van der Waals surface area contributed by atoms with Gasteiger partial charge in [0.05, 0.1) is 16.3 Å². The molecule has 2 rings (SSSR count). The lowest BCUT2D eigenvalue weighted by molar-refractivity contribution is -0.137. The van der Waals surface area contributed by atoms with Crippen molar-refractivity contribution in [3.05, 3.63) is 35.1 Å². The molecule has 0 aliphatic carbocycles. The maximum absolute atomic E-state index is 12.8. The van der Waals surface area contributed by atoms with E-state index in [9.17, 15) is 13.2 Å². The van der Waals surface area contributed by atoms with Crippen LogP contribution in [0.3, 0.4) is 0 Å². The van der Waals surface area contributed by atoms with Crippen LogP contribution < -0.4 is 16.0 Å².